The number of nitro groups is 1. The average molecular weight is 468 g/mol. The van der Waals surface area contributed by atoms with Crippen LogP contribution in [0, 0.1) is 10.1 Å². The van der Waals surface area contributed by atoms with E-state index >= 15 is 0 Å². The number of benzene rings is 2. The zero-order chi connectivity index (χ0) is 24.8. The van der Waals surface area contributed by atoms with E-state index in [1.54, 1.807) is 0 Å². The van der Waals surface area contributed by atoms with Gasteiger partial charge in [-0.1, -0.05) is 24.3 Å². The zero-order valence-electron chi connectivity index (χ0n) is 17.4. The molecule has 12 heteroatoms. The van der Waals surface area contributed by atoms with Gasteiger partial charge in [-0.15, -0.1) is 0 Å². The van der Waals surface area contributed by atoms with Crippen LogP contribution in [-0.4, -0.2) is 43.0 Å². The first-order chi connectivity index (χ1) is 15.5. The maximum absolute atomic E-state index is 13.3. The number of carbonyl (C=O) groups is 3. The summed E-state index contributed by atoms with van der Waals surface area (Å²) in [6, 6.07) is 7.13. The first kappa shape index (κ1) is 25.3. The monoisotopic (exact) mass is 468 g/mol. The smallest absolute Gasteiger partial charge is 0.417 e. The summed E-state index contributed by atoms with van der Waals surface area (Å²) in [5.74, 6) is -4.22. The van der Waals surface area contributed by atoms with Crippen LogP contribution >= 0.6 is 0 Å². The van der Waals surface area contributed by atoms with E-state index < -0.39 is 58.5 Å². The number of nitrogens with one attached hydrogen (secondary N) is 1. The number of carbonyl (C=O) groups excluding carboxylic acids is 3. The zero-order valence-corrected chi connectivity index (χ0v) is 17.4. The minimum absolute atomic E-state index is 0.214. The van der Waals surface area contributed by atoms with Crippen molar-refractivity contribution >= 4 is 23.5 Å². The lowest BCUT2D eigenvalue weighted by Gasteiger charge is -2.26. The lowest BCUT2D eigenvalue weighted by Crippen LogP contribution is -2.46. The Morgan fingerprint density at radius 2 is 1.64 bits per heavy atom. The molecule has 0 saturated carbocycles. The van der Waals surface area contributed by atoms with Crippen LogP contribution in [0.5, 0.6) is 0 Å². The highest BCUT2D eigenvalue weighted by Crippen LogP contribution is 2.32. The van der Waals surface area contributed by atoms with Crippen LogP contribution in [-0.2, 0) is 25.2 Å². The molecule has 9 nitrogen and oxygen atoms in total. The summed E-state index contributed by atoms with van der Waals surface area (Å²) in [7, 11) is 2.08. The predicted molar refractivity (Wildman–Crippen MR) is 107 cm³/mol. The molecular formula is C21H19F3N2O7. The molecule has 176 valence electrons. The highest BCUT2D eigenvalue weighted by Gasteiger charge is 2.38. The van der Waals surface area contributed by atoms with Crippen molar-refractivity contribution in [1.29, 1.82) is 0 Å². The van der Waals surface area contributed by atoms with Gasteiger partial charge in [0.25, 0.3) is 11.6 Å². The Morgan fingerprint density at radius 3 is 2.15 bits per heavy atom. The van der Waals surface area contributed by atoms with E-state index in [4.69, 9.17) is 4.74 Å². The fourth-order valence-electron chi connectivity index (χ4n) is 3.13. The van der Waals surface area contributed by atoms with E-state index in [0.717, 1.165) is 38.5 Å². The second-order valence-electron chi connectivity index (χ2n) is 6.75. The summed E-state index contributed by atoms with van der Waals surface area (Å²) >= 11 is 0. The highest BCUT2D eigenvalue weighted by atomic mass is 19.4. The summed E-state index contributed by atoms with van der Waals surface area (Å²) in [4.78, 5) is 47.5. The average Bonchev–Trinajstić information content (AvgIpc) is 2.79. The Kier molecular flexibility index (Phi) is 8.10. The molecule has 0 aliphatic heterocycles. The van der Waals surface area contributed by atoms with Crippen molar-refractivity contribution in [1.82, 2.24) is 5.32 Å². The first-order valence-electron chi connectivity index (χ1n) is 9.35. The van der Waals surface area contributed by atoms with Crippen molar-refractivity contribution in [2.24, 2.45) is 0 Å². The Labute approximate surface area is 185 Å². The molecule has 1 N–H and O–H groups in total. The first-order valence-corrected chi connectivity index (χ1v) is 9.35. The van der Waals surface area contributed by atoms with E-state index in [1.165, 1.54) is 18.2 Å². The lowest BCUT2D eigenvalue weighted by molar-refractivity contribution is -0.384. The fraction of sp³-hybridized carbons (Fsp3) is 0.286. The Balaban J connectivity index is 2.50. The fourth-order valence-corrected chi connectivity index (χ4v) is 3.13. The van der Waals surface area contributed by atoms with Crippen LogP contribution in [0.25, 0.3) is 0 Å². The van der Waals surface area contributed by atoms with E-state index in [9.17, 15) is 37.7 Å². The van der Waals surface area contributed by atoms with Gasteiger partial charge in [-0.3, -0.25) is 19.7 Å². The molecular weight excluding hydrogens is 449 g/mol. The number of halogens is 3. The molecule has 2 aromatic carbocycles. The number of methoxy groups -OCH3 is 2. The molecule has 1 amide bonds. The quantitative estimate of drug-likeness (QED) is 0.358. The van der Waals surface area contributed by atoms with Crippen LogP contribution in [0.3, 0.4) is 0 Å². The van der Waals surface area contributed by atoms with Gasteiger partial charge in [0.1, 0.15) is 6.04 Å². The summed E-state index contributed by atoms with van der Waals surface area (Å²) in [6.07, 6.45) is -5.31. The third-order valence-corrected chi connectivity index (χ3v) is 4.77. The van der Waals surface area contributed by atoms with Gasteiger partial charge >= 0.3 is 18.1 Å². The van der Waals surface area contributed by atoms with Crippen LogP contribution in [0.2, 0.25) is 0 Å². The Morgan fingerprint density at radius 1 is 1.03 bits per heavy atom. The SMILES string of the molecule is COC(=O)C[C@@H](c1ccc([N+](=O)[O-])cc1)[C@@H](NC(=O)c1ccccc1C(F)(F)F)C(=O)OC. The standard InChI is InChI=1S/C21H19F3N2O7/c1-32-17(27)11-15(12-7-9-13(10-8-12)26(30)31)18(20(29)33-2)25-19(28)14-5-3-4-6-16(14)21(22,23)24/h3-10,15,18H,11H2,1-2H3,(H,25,28)/t15-,18+/m0/s1. The van der Waals surface area contributed by atoms with Crippen molar-refractivity contribution in [3.63, 3.8) is 0 Å². The molecule has 0 saturated heterocycles. The largest absolute Gasteiger partial charge is 0.469 e. The van der Waals surface area contributed by atoms with Crippen molar-refractivity contribution in [2.45, 2.75) is 24.6 Å². The van der Waals surface area contributed by atoms with Gasteiger partial charge in [-0.05, 0) is 17.7 Å². The third kappa shape index (κ3) is 6.28. The maximum Gasteiger partial charge on any atom is 0.417 e. The number of esters is 2. The van der Waals surface area contributed by atoms with E-state index in [2.05, 4.69) is 10.1 Å². The lowest BCUT2D eigenvalue weighted by atomic mass is 9.87. The van der Waals surface area contributed by atoms with Gasteiger partial charge in [-0.25, -0.2) is 4.79 Å². The Hall–Kier alpha value is -3.96. The number of hydrogen-bond acceptors (Lipinski definition) is 7. The molecule has 2 aromatic rings. The van der Waals surface area contributed by atoms with Gasteiger partial charge in [0.15, 0.2) is 0 Å². The highest BCUT2D eigenvalue weighted by molar-refractivity contribution is 5.98. The van der Waals surface area contributed by atoms with Gasteiger partial charge in [0.2, 0.25) is 0 Å². The number of rotatable bonds is 8. The molecule has 2 rings (SSSR count). The number of non-ortho nitro benzene ring substituents is 1. The second-order valence-corrected chi connectivity index (χ2v) is 6.75. The number of alkyl halides is 3. The normalized spacial score (nSPS) is 12.9. The molecule has 0 spiro atoms. The summed E-state index contributed by atoms with van der Waals surface area (Å²) in [5.41, 5.74) is -2.01. The van der Waals surface area contributed by atoms with Crippen LogP contribution in [0.1, 0.15) is 33.8 Å². The van der Waals surface area contributed by atoms with Crippen molar-refractivity contribution in [3.05, 3.63) is 75.3 Å². The van der Waals surface area contributed by atoms with E-state index in [1.807, 2.05) is 0 Å². The molecule has 2 atom stereocenters. The van der Waals surface area contributed by atoms with Gasteiger partial charge in [-0.2, -0.15) is 13.2 Å². The summed E-state index contributed by atoms with van der Waals surface area (Å²) in [5, 5.41) is 13.1. The summed E-state index contributed by atoms with van der Waals surface area (Å²) < 4.78 is 49.3. The van der Waals surface area contributed by atoms with Crippen molar-refractivity contribution in [2.75, 3.05) is 14.2 Å². The second kappa shape index (κ2) is 10.6. The molecule has 0 fully saturated rings. The number of amides is 1. The minimum atomic E-state index is -4.83. The minimum Gasteiger partial charge on any atom is -0.469 e. The number of ether oxygens (including phenoxy) is 2. The number of hydrogen-bond donors (Lipinski definition) is 1. The van der Waals surface area contributed by atoms with Gasteiger partial charge in [0, 0.05) is 18.1 Å². The van der Waals surface area contributed by atoms with Gasteiger partial charge in [0.05, 0.1) is 36.7 Å². The third-order valence-electron chi connectivity index (χ3n) is 4.77. The number of nitro benzene ring substituents is 1. The predicted octanol–water partition coefficient (Wildman–Crippen LogP) is 3.23. The number of nitrogens with zero attached hydrogens (tertiary/aromatic N) is 1. The van der Waals surface area contributed by atoms with Crippen LogP contribution < -0.4 is 5.32 Å². The topological polar surface area (TPSA) is 125 Å². The molecule has 0 aromatic heterocycles. The van der Waals surface area contributed by atoms with Crippen molar-refractivity contribution in [3.8, 4) is 0 Å². The molecule has 0 bridgehead atoms. The van der Waals surface area contributed by atoms with E-state index in [-0.39, 0.29) is 11.3 Å². The molecule has 0 unspecified atom stereocenters. The van der Waals surface area contributed by atoms with Gasteiger partial charge < -0.3 is 14.8 Å². The molecule has 33 heavy (non-hydrogen) atoms. The molecule has 0 radical (unpaired) electrons. The van der Waals surface area contributed by atoms with Crippen molar-refractivity contribution < 1.29 is 42.0 Å². The molecule has 0 aliphatic carbocycles. The Bertz CT molecular complexity index is 1040. The molecule has 0 aliphatic rings. The maximum atomic E-state index is 13.3. The van der Waals surface area contributed by atoms with E-state index in [0.29, 0.717) is 6.07 Å². The molecule has 0 heterocycles. The summed E-state index contributed by atoms with van der Waals surface area (Å²) in [6.45, 7) is 0. The van der Waals surface area contributed by atoms with Crippen LogP contribution in [0.4, 0.5) is 18.9 Å². The van der Waals surface area contributed by atoms with Crippen LogP contribution in [0.15, 0.2) is 48.5 Å².